The smallest absolute Gasteiger partial charge is 0.255 e. The van der Waals surface area contributed by atoms with Gasteiger partial charge in [0.25, 0.3) is 5.91 Å². The van der Waals surface area contributed by atoms with Gasteiger partial charge in [-0.25, -0.2) is 4.39 Å². The molecule has 19 heavy (non-hydrogen) atoms. The van der Waals surface area contributed by atoms with Crippen LogP contribution in [0.3, 0.4) is 0 Å². The Kier molecular flexibility index (Phi) is 3.51. The first-order chi connectivity index (χ1) is 8.99. The molecule has 0 aliphatic carbocycles. The molecule has 2 aromatic carbocycles. The summed E-state index contributed by atoms with van der Waals surface area (Å²) >= 11 is 0. The molecule has 0 aliphatic rings. The molecule has 0 unspecified atom stereocenters. The van der Waals surface area contributed by atoms with Crippen LogP contribution in [0.2, 0.25) is 0 Å². The normalized spacial score (nSPS) is 10.3. The second-order valence-corrected chi connectivity index (χ2v) is 4.39. The Hall–Kier alpha value is -2.36. The molecular weight excluding hydrogens is 245 g/mol. The zero-order valence-electron chi connectivity index (χ0n) is 10.7. The van der Waals surface area contributed by atoms with Crippen molar-refractivity contribution in [3.05, 3.63) is 58.9 Å². The first kappa shape index (κ1) is 13.1. The number of aromatic hydroxyl groups is 1. The van der Waals surface area contributed by atoms with Crippen molar-refractivity contribution in [2.24, 2.45) is 0 Å². The van der Waals surface area contributed by atoms with Crippen LogP contribution in [0.4, 0.5) is 10.1 Å². The van der Waals surface area contributed by atoms with E-state index in [4.69, 9.17) is 0 Å². The third kappa shape index (κ3) is 2.73. The van der Waals surface area contributed by atoms with Crippen molar-refractivity contribution in [1.82, 2.24) is 0 Å². The number of phenolic OH excluding ortho intramolecular Hbond substituents is 1. The minimum absolute atomic E-state index is 0.124. The molecular formula is C15H14FNO2. The molecule has 0 atom stereocenters. The number of phenols is 1. The van der Waals surface area contributed by atoms with Crippen molar-refractivity contribution in [3.8, 4) is 5.75 Å². The number of hydrogen-bond acceptors (Lipinski definition) is 2. The van der Waals surface area contributed by atoms with E-state index in [2.05, 4.69) is 5.32 Å². The SMILES string of the molecule is Cc1cc(C(=O)Nc2c(C)cccc2F)ccc1O. The molecule has 0 saturated carbocycles. The van der Waals surface area contributed by atoms with E-state index in [1.807, 2.05) is 0 Å². The Bertz CT molecular complexity index is 618. The summed E-state index contributed by atoms with van der Waals surface area (Å²) in [5, 5.41) is 12.0. The van der Waals surface area contributed by atoms with Crippen LogP contribution in [0.25, 0.3) is 0 Å². The standard InChI is InChI=1S/C15H14FNO2/c1-9-4-3-5-12(16)14(9)17-15(19)11-6-7-13(18)10(2)8-11/h3-8,18H,1-2H3,(H,17,19). The summed E-state index contributed by atoms with van der Waals surface area (Å²) < 4.78 is 13.6. The van der Waals surface area contributed by atoms with Crippen LogP contribution >= 0.6 is 0 Å². The fraction of sp³-hybridized carbons (Fsp3) is 0.133. The third-order valence-electron chi connectivity index (χ3n) is 2.92. The highest BCUT2D eigenvalue weighted by atomic mass is 19.1. The largest absolute Gasteiger partial charge is 0.508 e. The van der Waals surface area contributed by atoms with Gasteiger partial charge in [-0.1, -0.05) is 12.1 Å². The van der Waals surface area contributed by atoms with Crippen LogP contribution in [0.15, 0.2) is 36.4 Å². The molecule has 0 aromatic heterocycles. The molecule has 0 fully saturated rings. The highest BCUT2D eigenvalue weighted by Crippen LogP contribution is 2.21. The number of aryl methyl sites for hydroxylation is 2. The number of nitrogens with one attached hydrogen (secondary N) is 1. The molecule has 0 radical (unpaired) electrons. The average molecular weight is 259 g/mol. The first-order valence-corrected chi connectivity index (χ1v) is 5.85. The van der Waals surface area contributed by atoms with Crippen molar-refractivity contribution in [2.45, 2.75) is 13.8 Å². The lowest BCUT2D eigenvalue weighted by molar-refractivity contribution is 0.102. The third-order valence-corrected chi connectivity index (χ3v) is 2.92. The van der Waals surface area contributed by atoms with E-state index in [1.54, 1.807) is 32.0 Å². The second-order valence-electron chi connectivity index (χ2n) is 4.39. The lowest BCUT2D eigenvalue weighted by Crippen LogP contribution is -2.14. The summed E-state index contributed by atoms with van der Waals surface area (Å²) in [6.07, 6.45) is 0. The van der Waals surface area contributed by atoms with Gasteiger partial charge in [-0.05, 0) is 49.2 Å². The summed E-state index contributed by atoms with van der Waals surface area (Å²) in [6, 6.07) is 9.10. The Labute approximate surface area is 110 Å². The maximum Gasteiger partial charge on any atom is 0.255 e. The van der Waals surface area contributed by atoms with Crippen molar-refractivity contribution in [2.75, 3.05) is 5.32 Å². The molecule has 2 aromatic rings. The number of rotatable bonds is 2. The van der Waals surface area contributed by atoms with Gasteiger partial charge in [0, 0.05) is 5.56 Å². The molecule has 2 rings (SSSR count). The summed E-state index contributed by atoms with van der Waals surface area (Å²) in [6.45, 7) is 3.42. The van der Waals surface area contributed by atoms with Crippen LogP contribution in [0, 0.1) is 19.7 Å². The molecule has 2 N–H and O–H groups in total. The fourth-order valence-electron chi connectivity index (χ4n) is 1.77. The molecule has 0 saturated heterocycles. The number of benzene rings is 2. The Balaban J connectivity index is 2.28. The van der Waals surface area contributed by atoms with Crippen molar-refractivity contribution >= 4 is 11.6 Å². The summed E-state index contributed by atoms with van der Waals surface area (Å²) in [7, 11) is 0. The molecule has 0 aliphatic heterocycles. The Morgan fingerprint density at radius 1 is 1.16 bits per heavy atom. The van der Waals surface area contributed by atoms with Gasteiger partial charge in [-0.3, -0.25) is 4.79 Å². The van der Waals surface area contributed by atoms with Crippen LogP contribution in [-0.4, -0.2) is 11.0 Å². The summed E-state index contributed by atoms with van der Waals surface area (Å²) in [4.78, 5) is 12.0. The molecule has 98 valence electrons. The predicted octanol–water partition coefficient (Wildman–Crippen LogP) is 3.40. The minimum Gasteiger partial charge on any atom is -0.508 e. The minimum atomic E-state index is -0.469. The molecule has 4 heteroatoms. The average Bonchev–Trinajstić information content (AvgIpc) is 2.37. The maximum atomic E-state index is 13.6. The molecule has 0 spiro atoms. The molecule has 0 heterocycles. The topological polar surface area (TPSA) is 49.3 Å². The molecule has 0 bridgehead atoms. The van der Waals surface area contributed by atoms with E-state index < -0.39 is 11.7 Å². The van der Waals surface area contributed by atoms with E-state index in [-0.39, 0.29) is 11.4 Å². The van der Waals surface area contributed by atoms with Crippen LogP contribution < -0.4 is 5.32 Å². The Morgan fingerprint density at radius 3 is 2.53 bits per heavy atom. The second kappa shape index (κ2) is 5.10. The van der Waals surface area contributed by atoms with E-state index in [9.17, 15) is 14.3 Å². The summed E-state index contributed by atoms with van der Waals surface area (Å²) in [5.41, 5.74) is 1.80. The number of halogens is 1. The van der Waals surface area contributed by atoms with Crippen LogP contribution in [0.5, 0.6) is 5.75 Å². The predicted molar refractivity (Wildman–Crippen MR) is 71.9 cm³/mol. The van der Waals surface area contributed by atoms with Gasteiger partial charge in [0.15, 0.2) is 0 Å². The number of carbonyl (C=O) groups is 1. The van der Waals surface area contributed by atoms with Crippen molar-refractivity contribution in [3.63, 3.8) is 0 Å². The quantitative estimate of drug-likeness (QED) is 0.868. The Morgan fingerprint density at radius 2 is 1.89 bits per heavy atom. The number of carbonyl (C=O) groups excluding carboxylic acids is 1. The van der Waals surface area contributed by atoms with Gasteiger partial charge in [0.2, 0.25) is 0 Å². The number of amides is 1. The van der Waals surface area contributed by atoms with Gasteiger partial charge < -0.3 is 10.4 Å². The van der Waals surface area contributed by atoms with Crippen molar-refractivity contribution in [1.29, 1.82) is 0 Å². The highest BCUT2D eigenvalue weighted by Gasteiger charge is 2.12. The van der Waals surface area contributed by atoms with Gasteiger partial charge in [-0.2, -0.15) is 0 Å². The van der Waals surface area contributed by atoms with Gasteiger partial charge >= 0.3 is 0 Å². The van der Waals surface area contributed by atoms with Crippen LogP contribution in [0.1, 0.15) is 21.5 Å². The zero-order valence-corrected chi connectivity index (χ0v) is 10.7. The highest BCUT2D eigenvalue weighted by molar-refractivity contribution is 6.04. The number of hydrogen-bond donors (Lipinski definition) is 2. The number of anilines is 1. The maximum absolute atomic E-state index is 13.6. The molecule has 3 nitrogen and oxygen atoms in total. The monoisotopic (exact) mass is 259 g/mol. The van der Waals surface area contributed by atoms with Gasteiger partial charge in [0.05, 0.1) is 5.69 Å². The molecule has 1 amide bonds. The van der Waals surface area contributed by atoms with Crippen molar-refractivity contribution < 1.29 is 14.3 Å². The van der Waals surface area contributed by atoms with E-state index in [0.717, 1.165) is 0 Å². The van der Waals surface area contributed by atoms with E-state index in [0.29, 0.717) is 16.7 Å². The number of para-hydroxylation sites is 1. The van der Waals surface area contributed by atoms with Crippen LogP contribution in [-0.2, 0) is 0 Å². The summed E-state index contributed by atoms with van der Waals surface area (Å²) in [5.74, 6) is -0.751. The lowest BCUT2D eigenvalue weighted by atomic mass is 10.1. The van der Waals surface area contributed by atoms with Gasteiger partial charge in [0.1, 0.15) is 11.6 Å². The fourth-order valence-corrected chi connectivity index (χ4v) is 1.77. The van der Waals surface area contributed by atoms with Gasteiger partial charge in [-0.15, -0.1) is 0 Å². The zero-order chi connectivity index (χ0) is 14.0. The van der Waals surface area contributed by atoms with E-state index >= 15 is 0 Å². The van der Waals surface area contributed by atoms with E-state index in [1.165, 1.54) is 18.2 Å². The lowest BCUT2D eigenvalue weighted by Gasteiger charge is -2.10. The first-order valence-electron chi connectivity index (χ1n) is 5.85.